The van der Waals surface area contributed by atoms with E-state index in [0.717, 1.165) is 50.5 Å². The normalized spacial score (nSPS) is 24.7. The fraction of sp³-hybridized carbons (Fsp3) is 0.545. The number of carbonyl (C=O) groups is 1. The third-order valence-corrected chi connectivity index (χ3v) is 10.3. The molecule has 0 saturated heterocycles. The Morgan fingerprint density at radius 2 is 1.23 bits per heavy atom. The number of fused-ring (bicyclic) bond motifs is 4. The average molecular weight is 533 g/mol. The van der Waals surface area contributed by atoms with Crippen molar-refractivity contribution in [3.63, 3.8) is 0 Å². The van der Waals surface area contributed by atoms with E-state index in [1.54, 1.807) is 0 Å². The van der Waals surface area contributed by atoms with Gasteiger partial charge in [-0.2, -0.15) is 0 Å². The van der Waals surface area contributed by atoms with Crippen LogP contribution in [0.3, 0.4) is 0 Å². The summed E-state index contributed by atoms with van der Waals surface area (Å²) in [6.07, 6.45) is 0. The summed E-state index contributed by atoms with van der Waals surface area (Å²) in [5, 5.41) is 5.07. The molecule has 6 nitrogen and oxygen atoms in total. The zero-order chi connectivity index (χ0) is 29.2. The molecule has 0 fully saturated rings. The van der Waals surface area contributed by atoms with Gasteiger partial charge in [0, 0.05) is 41.4 Å². The maximum absolute atomic E-state index is 13.7. The van der Waals surface area contributed by atoms with E-state index in [2.05, 4.69) is 79.5 Å². The summed E-state index contributed by atoms with van der Waals surface area (Å²) in [7, 11) is 1.47. The van der Waals surface area contributed by atoms with E-state index >= 15 is 0 Å². The van der Waals surface area contributed by atoms with E-state index in [4.69, 9.17) is 14.2 Å². The monoisotopic (exact) mass is 532 g/mol. The Balaban J connectivity index is 1.98. The Morgan fingerprint density at radius 1 is 0.692 bits per heavy atom. The van der Waals surface area contributed by atoms with Gasteiger partial charge in [-0.3, -0.25) is 10.1 Å². The van der Waals surface area contributed by atoms with E-state index in [9.17, 15) is 4.79 Å². The quantitative estimate of drug-likeness (QED) is 0.351. The van der Waals surface area contributed by atoms with Gasteiger partial charge in [-0.05, 0) is 107 Å². The van der Waals surface area contributed by atoms with Crippen LogP contribution in [0, 0.1) is 48.5 Å². The fourth-order valence-electron chi connectivity index (χ4n) is 7.36. The van der Waals surface area contributed by atoms with Gasteiger partial charge in [-0.25, -0.2) is 0 Å². The molecule has 0 amide bonds. The van der Waals surface area contributed by atoms with Crippen molar-refractivity contribution >= 4 is 16.9 Å². The molecule has 2 atom stereocenters. The molecule has 0 saturated carbocycles. The minimum Gasteiger partial charge on any atom is -0.468 e. The first-order valence-electron chi connectivity index (χ1n) is 13.9. The highest BCUT2D eigenvalue weighted by Gasteiger charge is 2.60. The second-order valence-electron chi connectivity index (χ2n) is 13.1. The number of rotatable bonds is 2. The van der Waals surface area contributed by atoms with Gasteiger partial charge in [0.15, 0.2) is 11.5 Å². The summed E-state index contributed by atoms with van der Waals surface area (Å²) < 4.78 is 18.1. The predicted molar refractivity (Wildman–Crippen MR) is 156 cm³/mol. The third-order valence-electron chi connectivity index (χ3n) is 10.3. The zero-order valence-corrected chi connectivity index (χ0v) is 26.1. The molecule has 5 rings (SSSR count). The molecule has 0 radical (unpaired) electrons. The Bertz CT molecular complexity index is 1590. The number of H-pyrrole nitrogens is 1. The first-order valence-corrected chi connectivity index (χ1v) is 13.9. The van der Waals surface area contributed by atoms with Crippen LogP contribution in [-0.4, -0.2) is 29.4 Å². The average Bonchev–Trinajstić information content (AvgIpc) is 3.43. The summed E-state index contributed by atoms with van der Waals surface area (Å²) in [5.74, 6) is 0.527. The smallest absolute Gasteiger partial charge is 0.326 e. The summed E-state index contributed by atoms with van der Waals surface area (Å²) in [5.41, 5.74) is 10.3. The van der Waals surface area contributed by atoms with Crippen LogP contribution in [0.2, 0.25) is 0 Å². The van der Waals surface area contributed by atoms with Crippen molar-refractivity contribution in [1.82, 2.24) is 10.3 Å². The van der Waals surface area contributed by atoms with Gasteiger partial charge in [-0.15, -0.1) is 0 Å². The molecule has 39 heavy (non-hydrogen) atoms. The molecule has 2 aliphatic rings. The van der Waals surface area contributed by atoms with E-state index in [0.29, 0.717) is 0 Å². The van der Waals surface area contributed by atoms with Crippen LogP contribution >= 0.6 is 0 Å². The van der Waals surface area contributed by atoms with E-state index < -0.39 is 22.3 Å². The Kier molecular flexibility index (Phi) is 5.68. The standard InChI is InChI=1S/C33H44N2O4/c1-15-16(2)19(5)25-22(17(15)3)24-28(34-25)32(12,35-33(13,29(36)37-14)30(24,8)9)23-18(4)20(6)26-27(21(23)7)39-31(10,11)38-26/h34-35H,1-14H3/t32-,33+/m1/s1. The van der Waals surface area contributed by atoms with Gasteiger partial charge in [0.1, 0.15) is 5.54 Å². The van der Waals surface area contributed by atoms with E-state index in [1.807, 2.05) is 20.8 Å². The molecule has 210 valence electrons. The van der Waals surface area contributed by atoms with Crippen molar-refractivity contribution in [2.24, 2.45) is 0 Å². The van der Waals surface area contributed by atoms with Gasteiger partial charge < -0.3 is 19.2 Å². The van der Waals surface area contributed by atoms with Crippen LogP contribution in [0.5, 0.6) is 11.5 Å². The van der Waals surface area contributed by atoms with Gasteiger partial charge in [0.25, 0.3) is 0 Å². The molecule has 0 spiro atoms. The number of ether oxygens (including phenoxy) is 3. The topological polar surface area (TPSA) is 72.6 Å². The number of aryl methyl sites for hydroxylation is 2. The molecule has 2 aliphatic heterocycles. The molecule has 0 unspecified atom stereocenters. The molecule has 0 bridgehead atoms. The SMILES string of the molecule is COC(=O)[C@]1(C)N[C@](C)(c2c(C)c(C)c3c(c2C)OC(C)(C)O3)c2[nH]c3c(C)c(C)c(C)c(C)c3c2C1(C)C. The van der Waals surface area contributed by atoms with Gasteiger partial charge in [0.05, 0.1) is 12.6 Å². The number of methoxy groups -OCH3 is 1. The number of aromatic nitrogens is 1. The summed E-state index contributed by atoms with van der Waals surface area (Å²) in [6, 6.07) is 0. The lowest BCUT2D eigenvalue weighted by molar-refractivity contribution is -0.152. The molecule has 3 aromatic rings. The Labute approximate surface area is 232 Å². The molecular weight excluding hydrogens is 488 g/mol. The third kappa shape index (κ3) is 3.27. The van der Waals surface area contributed by atoms with Crippen LogP contribution in [0.25, 0.3) is 10.9 Å². The molecule has 2 aromatic carbocycles. The number of esters is 1. The van der Waals surface area contributed by atoms with E-state index in [-0.39, 0.29) is 5.97 Å². The number of hydrogen-bond acceptors (Lipinski definition) is 5. The van der Waals surface area contributed by atoms with Crippen molar-refractivity contribution in [2.75, 3.05) is 7.11 Å². The fourth-order valence-corrected chi connectivity index (χ4v) is 7.36. The number of nitrogens with one attached hydrogen (secondary N) is 2. The van der Waals surface area contributed by atoms with Crippen LogP contribution < -0.4 is 14.8 Å². The molecule has 0 aliphatic carbocycles. The molecule has 1 aromatic heterocycles. The highest BCUT2D eigenvalue weighted by atomic mass is 16.7. The van der Waals surface area contributed by atoms with Gasteiger partial charge >= 0.3 is 5.97 Å². The van der Waals surface area contributed by atoms with Gasteiger partial charge in [0.2, 0.25) is 5.79 Å². The van der Waals surface area contributed by atoms with Crippen molar-refractivity contribution in [1.29, 1.82) is 0 Å². The highest BCUT2D eigenvalue weighted by molar-refractivity contribution is 5.96. The van der Waals surface area contributed by atoms with Crippen LogP contribution in [0.1, 0.15) is 97.3 Å². The second-order valence-corrected chi connectivity index (χ2v) is 13.1. The van der Waals surface area contributed by atoms with Crippen molar-refractivity contribution in [2.45, 2.75) is 112 Å². The Hall–Kier alpha value is -2.99. The maximum Gasteiger partial charge on any atom is 0.326 e. The first-order chi connectivity index (χ1) is 17.9. The zero-order valence-electron chi connectivity index (χ0n) is 26.1. The molecule has 6 heteroatoms. The van der Waals surface area contributed by atoms with Gasteiger partial charge in [-0.1, -0.05) is 13.8 Å². The first kappa shape index (κ1) is 27.6. The number of hydrogen-bond donors (Lipinski definition) is 2. The van der Waals surface area contributed by atoms with Crippen molar-refractivity contribution < 1.29 is 19.0 Å². The van der Waals surface area contributed by atoms with Crippen LogP contribution in [0.4, 0.5) is 0 Å². The number of carbonyl (C=O) groups excluding carboxylic acids is 1. The number of aromatic amines is 1. The van der Waals surface area contributed by atoms with Crippen molar-refractivity contribution in [3.8, 4) is 11.5 Å². The molecule has 3 heterocycles. The Morgan fingerprint density at radius 3 is 1.79 bits per heavy atom. The lowest BCUT2D eigenvalue weighted by atomic mass is 9.60. The minimum atomic E-state index is -1.03. The molecular formula is C33H44N2O4. The van der Waals surface area contributed by atoms with E-state index in [1.165, 1.54) is 34.7 Å². The largest absolute Gasteiger partial charge is 0.468 e. The predicted octanol–water partition coefficient (Wildman–Crippen LogP) is 6.91. The van der Waals surface area contributed by atoms with Crippen molar-refractivity contribution in [3.05, 3.63) is 55.8 Å². The summed E-state index contributed by atoms with van der Waals surface area (Å²) in [6.45, 7) is 27.4. The second kappa shape index (κ2) is 8.03. The van der Waals surface area contributed by atoms with Crippen LogP contribution in [-0.2, 0) is 20.5 Å². The maximum atomic E-state index is 13.7. The number of benzene rings is 2. The summed E-state index contributed by atoms with van der Waals surface area (Å²) >= 11 is 0. The summed E-state index contributed by atoms with van der Waals surface area (Å²) in [4.78, 5) is 17.6. The lowest BCUT2D eigenvalue weighted by Crippen LogP contribution is -2.70. The minimum absolute atomic E-state index is 0.286. The highest BCUT2D eigenvalue weighted by Crippen LogP contribution is 2.56. The lowest BCUT2D eigenvalue weighted by Gasteiger charge is -2.54. The van der Waals surface area contributed by atoms with Crippen LogP contribution in [0.15, 0.2) is 0 Å². The molecule has 2 N–H and O–H groups in total.